The zero-order valence-electron chi connectivity index (χ0n) is 10.1. The molecule has 0 fully saturated rings. The fourth-order valence-electron chi connectivity index (χ4n) is 1.57. The van der Waals surface area contributed by atoms with E-state index in [0.717, 1.165) is 11.3 Å². The number of alkyl halides is 2. The van der Waals surface area contributed by atoms with Crippen LogP contribution in [0.15, 0.2) is 35.7 Å². The molecule has 1 aromatic carbocycles. The smallest absolute Gasteiger partial charge is 0.270 e. The summed E-state index contributed by atoms with van der Waals surface area (Å²) in [5, 5.41) is 5.08. The molecule has 0 saturated carbocycles. The maximum Gasteiger partial charge on any atom is 0.270 e. The van der Waals surface area contributed by atoms with E-state index in [1.807, 2.05) is 35.7 Å². The number of thiazole rings is 1. The van der Waals surface area contributed by atoms with Crippen molar-refractivity contribution in [2.24, 2.45) is 0 Å². The van der Waals surface area contributed by atoms with E-state index in [0.29, 0.717) is 5.01 Å². The lowest BCUT2D eigenvalue weighted by atomic mass is 10.2. The van der Waals surface area contributed by atoms with E-state index in [-0.39, 0.29) is 6.04 Å². The highest BCUT2D eigenvalue weighted by Gasteiger charge is 2.18. The first kappa shape index (κ1) is 14.0. The van der Waals surface area contributed by atoms with E-state index in [4.69, 9.17) is 11.6 Å². The Morgan fingerprint density at radius 3 is 2.74 bits per heavy atom. The Labute approximate surface area is 119 Å². The van der Waals surface area contributed by atoms with Gasteiger partial charge in [-0.25, -0.2) is 9.37 Å². The van der Waals surface area contributed by atoms with E-state index in [1.165, 1.54) is 11.3 Å². The van der Waals surface area contributed by atoms with Gasteiger partial charge < -0.3 is 5.32 Å². The molecule has 0 saturated heterocycles. The summed E-state index contributed by atoms with van der Waals surface area (Å²) in [5.74, 6) is -0.842. The fraction of sp³-hybridized carbons (Fsp3) is 0.231. The number of hydrogen-bond acceptors (Lipinski definition) is 3. The normalized spacial score (nSPS) is 13.8. The summed E-state index contributed by atoms with van der Waals surface area (Å²) in [6.07, 6.45) is 0. The number of halogens is 2. The molecule has 2 unspecified atom stereocenters. The van der Waals surface area contributed by atoms with Gasteiger partial charge in [0.1, 0.15) is 5.01 Å². The molecule has 2 rings (SSSR count). The maximum absolute atomic E-state index is 12.6. The van der Waals surface area contributed by atoms with E-state index < -0.39 is 11.5 Å². The van der Waals surface area contributed by atoms with Crippen molar-refractivity contribution >= 4 is 28.8 Å². The summed E-state index contributed by atoms with van der Waals surface area (Å²) < 4.78 is 12.6. The lowest BCUT2D eigenvalue weighted by Crippen LogP contribution is -2.31. The van der Waals surface area contributed by atoms with Crippen LogP contribution in [0.4, 0.5) is 4.39 Å². The molecule has 1 N–H and O–H groups in total. The number of carbonyl (C=O) groups excluding carboxylic acids is 1. The van der Waals surface area contributed by atoms with E-state index >= 15 is 0 Å². The molecule has 100 valence electrons. The molecule has 0 aliphatic carbocycles. The first-order valence-corrected chi connectivity index (χ1v) is 6.99. The van der Waals surface area contributed by atoms with Gasteiger partial charge in [-0.15, -0.1) is 11.3 Å². The van der Waals surface area contributed by atoms with Crippen molar-refractivity contribution < 1.29 is 9.18 Å². The van der Waals surface area contributed by atoms with Gasteiger partial charge >= 0.3 is 0 Å². The highest BCUT2D eigenvalue weighted by atomic mass is 35.5. The Balaban J connectivity index is 2.11. The molecule has 19 heavy (non-hydrogen) atoms. The quantitative estimate of drug-likeness (QED) is 0.878. The van der Waals surface area contributed by atoms with Crippen molar-refractivity contribution in [1.29, 1.82) is 0 Å². The lowest BCUT2D eigenvalue weighted by Gasteiger charge is -2.10. The number of nitrogens with one attached hydrogen (secondary N) is 1. The van der Waals surface area contributed by atoms with Crippen LogP contribution in [-0.2, 0) is 4.79 Å². The van der Waals surface area contributed by atoms with Crippen LogP contribution in [0.2, 0.25) is 0 Å². The Hall–Kier alpha value is -1.46. The number of hydrogen-bond donors (Lipinski definition) is 1. The van der Waals surface area contributed by atoms with E-state index in [2.05, 4.69) is 10.3 Å². The molecule has 0 radical (unpaired) electrons. The van der Waals surface area contributed by atoms with Gasteiger partial charge in [0.05, 0.1) is 11.7 Å². The average Bonchev–Trinajstić information content (AvgIpc) is 2.89. The zero-order valence-corrected chi connectivity index (χ0v) is 11.7. The minimum absolute atomic E-state index is 0.369. The summed E-state index contributed by atoms with van der Waals surface area (Å²) in [7, 11) is 0. The second-order valence-corrected chi connectivity index (χ2v) is 5.24. The predicted molar refractivity (Wildman–Crippen MR) is 74.9 cm³/mol. The van der Waals surface area contributed by atoms with Gasteiger partial charge in [-0.2, -0.15) is 0 Å². The highest BCUT2D eigenvalue weighted by molar-refractivity contribution is 7.10. The van der Waals surface area contributed by atoms with Crippen molar-refractivity contribution in [2.75, 3.05) is 0 Å². The third-order valence-electron chi connectivity index (χ3n) is 2.52. The van der Waals surface area contributed by atoms with Crippen LogP contribution in [0, 0.1) is 0 Å². The Bertz CT molecular complexity index is 559. The summed E-state index contributed by atoms with van der Waals surface area (Å²) in [6.45, 7) is 1.74. The number of amides is 1. The molecule has 1 heterocycles. The second-order valence-electron chi connectivity index (χ2n) is 3.97. The highest BCUT2D eigenvalue weighted by Crippen LogP contribution is 2.25. The molecule has 1 amide bonds. The molecule has 0 bridgehead atoms. The molecule has 0 spiro atoms. The van der Waals surface area contributed by atoms with E-state index in [1.54, 1.807) is 6.92 Å². The van der Waals surface area contributed by atoms with Crippen LogP contribution in [0.1, 0.15) is 18.0 Å². The van der Waals surface area contributed by atoms with Crippen LogP contribution in [0.5, 0.6) is 0 Å². The summed E-state index contributed by atoms with van der Waals surface area (Å²) in [6, 6.07) is 9.34. The third kappa shape index (κ3) is 3.52. The average molecular weight is 299 g/mol. The zero-order chi connectivity index (χ0) is 13.8. The minimum atomic E-state index is -2.03. The molecule has 0 aliphatic rings. The lowest BCUT2D eigenvalue weighted by molar-refractivity contribution is -0.124. The largest absolute Gasteiger partial charge is 0.344 e. The maximum atomic E-state index is 12.6. The summed E-state index contributed by atoms with van der Waals surface area (Å²) in [5.41, 5.74) is -0.190. The van der Waals surface area contributed by atoms with Gasteiger partial charge in [0, 0.05) is 10.9 Å². The number of carbonyl (C=O) groups is 1. The molecular weight excluding hydrogens is 287 g/mol. The van der Waals surface area contributed by atoms with Crippen molar-refractivity contribution in [3.63, 3.8) is 0 Å². The van der Waals surface area contributed by atoms with Crippen LogP contribution >= 0.6 is 22.9 Å². The summed E-state index contributed by atoms with van der Waals surface area (Å²) >= 11 is 6.48. The Kier molecular flexibility index (Phi) is 4.50. The number of rotatable bonds is 4. The topological polar surface area (TPSA) is 42.0 Å². The number of nitrogens with zero attached hydrogens (tertiary/aromatic N) is 1. The minimum Gasteiger partial charge on any atom is -0.344 e. The number of benzene rings is 1. The monoisotopic (exact) mass is 298 g/mol. The van der Waals surface area contributed by atoms with Crippen molar-refractivity contribution in [3.8, 4) is 11.3 Å². The first-order valence-electron chi connectivity index (χ1n) is 5.67. The third-order valence-corrected chi connectivity index (χ3v) is 3.74. The standard InChI is InChI=1S/C13H12ClFN2OS/c1-8(16-12(18)11(14)15)13-17-10(7-19-13)9-5-3-2-4-6-9/h2-8,11H,1H3,(H,16,18). The van der Waals surface area contributed by atoms with Gasteiger partial charge in [-0.3, -0.25) is 4.79 Å². The van der Waals surface area contributed by atoms with Crippen LogP contribution < -0.4 is 5.32 Å². The molecule has 3 nitrogen and oxygen atoms in total. The van der Waals surface area contributed by atoms with Gasteiger partial charge in [-0.05, 0) is 6.92 Å². The van der Waals surface area contributed by atoms with Crippen molar-refractivity contribution in [2.45, 2.75) is 18.6 Å². The second kappa shape index (κ2) is 6.12. The molecule has 2 aromatic rings. The SMILES string of the molecule is CC(NC(=O)C(F)Cl)c1nc(-c2ccccc2)cs1. The molecular formula is C13H12ClFN2OS. The van der Waals surface area contributed by atoms with Gasteiger partial charge in [0.25, 0.3) is 11.5 Å². The first-order chi connectivity index (χ1) is 9.08. The van der Waals surface area contributed by atoms with Crippen LogP contribution in [0.25, 0.3) is 11.3 Å². The van der Waals surface area contributed by atoms with Crippen molar-refractivity contribution in [1.82, 2.24) is 10.3 Å². The van der Waals surface area contributed by atoms with Crippen LogP contribution in [0.3, 0.4) is 0 Å². The van der Waals surface area contributed by atoms with Crippen molar-refractivity contribution in [3.05, 3.63) is 40.7 Å². The Morgan fingerprint density at radius 2 is 2.11 bits per heavy atom. The molecule has 0 aliphatic heterocycles. The number of aromatic nitrogens is 1. The van der Waals surface area contributed by atoms with E-state index in [9.17, 15) is 9.18 Å². The molecule has 2 atom stereocenters. The van der Waals surface area contributed by atoms with Gasteiger partial charge in [0.15, 0.2) is 0 Å². The molecule has 1 aromatic heterocycles. The van der Waals surface area contributed by atoms with Gasteiger partial charge in [0.2, 0.25) is 0 Å². The predicted octanol–water partition coefficient (Wildman–Crippen LogP) is 3.52. The van der Waals surface area contributed by atoms with Gasteiger partial charge in [-0.1, -0.05) is 41.9 Å². The fourth-order valence-corrected chi connectivity index (χ4v) is 2.46. The summed E-state index contributed by atoms with van der Waals surface area (Å²) in [4.78, 5) is 15.6. The van der Waals surface area contributed by atoms with Crippen LogP contribution in [-0.4, -0.2) is 16.5 Å². The molecule has 6 heteroatoms. The Morgan fingerprint density at radius 1 is 1.42 bits per heavy atom.